The predicted molar refractivity (Wildman–Crippen MR) is 163 cm³/mol. The van der Waals surface area contributed by atoms with Crippen molar-refractivity contribution in [2.75, 3.05) is 21.5 Å². The smallest absolute Gasteiger partial charge is 0.263 e. The van der Waals surface area contributed by atoms with E-state index >= 15 is 0 Å². The Balaban J connectivity index is 1.43. The van der Waals surface area contributed by atoms with Crippen molar-refractivity contribution in [3.8, 4) is 23.3 Å². The maximum absolute atomic E-state index is 12.6. The number of anilines is 3. The fourth-order valence-corrected chi connectivity index (χ4v) is 5.97. The zero-order valence-corrected chi connectivity index (χ0v) is 24.5. The lowest BCUT2D eigenvalue weighted by Gasteiger charge is -2.14. The molecule has 0 aliphatic rings. The number of sulfonamides is 1. The number of nitrogens with two attached hydrogens (primary N) is 1. The number of nitrogens with one attached hydrogen (secondary N) is 2. The third-order valence-electron chi connectivity index (χ3n) is 6.20. The standard InChI is InChI=1S/C30H27N7O3S2/c1-19(2)20-6-8-21(9-7-20)28-24(17-31)29(33)36-30(25(28)18-32)41-16-14-27(38)35-22-10-12-23(13-11-22)42(39,40)37-26-5-3-4-15-34-26/h3-13,15,19H,14,16H2,1-2H3,(H2,33,36)(H,34,37)(H,35,38). The number of aromatic nitrogens is 2. The van der Waals surface area contributed by atoms with Crippen LogP contribution < -0.4 is 15.8 Å². The molecule has 2 aromatic heterocycles. The number of rotatable bonds is 10. The molecule has 42 heavy (non-hydrogen) atoms. The van der Waals surface area contributed by atoms with E-state index in [0.29, 0.717) is 27.8 Å². The van der Waals surface area contributed by atoms with E-state index in [2.05, 4.69) is 46.0 Å². The van der Waals surface area contributed by atoms with Crippen molar-refractivity contribution >= 4 is 45.0 Å². The van der Waals surface area contributed by atoms with Gasteiger partial charge in [-0.15, -0.1) is 11.8 Å². The van der Waals surface area contributed by atoms with Gasteiger partial charge in [0.1, 0.15) is 34.4 Å². The fraction of sp³-hybridized carbons (Fsp3) is 0.167. The first-order chi connectivity index (χ1) is 20.1. The molecule has 0 unspecified atom stereocenters. The fourth-order valence-electron chi connectivity index (χ4n) is 4.03. The van der Waals surface area contributed by atoms with Gasteiger partial charge in [0.25, 0.3) is 10.0 Å². The number of nitrogen functional groups attached to an aromatic ring is 1. The highest BCUT2D eigenvalue weighted by atomic mass is 32.2. The number of benzene rings is 2. The predicted octanol–water partition coefficient (Wildman–Crippen LogP) is 5.51. The summed E-state index contributed by atoms with van der Waals surface area (Å²) in [6.07, 6.45) is 1.56. The van der Waals surface area contributed by atoms with Crippen LogP contribution in [-0.4, -0.2) is 30.0 Å². The number of carbonyl (C=O) groups is 1. The van der Waals surface area contributed by atoms with Gasteiger partial charge in [-0.2, -0.15) is 10.5 Å². The van der Waals surface area contributed by atoms with Crippen molar-refractivity contribution in [3.05, 3.63) is 89.6 Å². The molecule has 4 rings (SSSR count). The molecule has 1 amide bonds. The number of thioether (sulfide) groups is 1. The van der Waals surface area contributed by atoms with Gasteiger partial charge in [-0.05, 0) is 53.4 Å². The van der Waals surface area contributed by atoms with Crippen LogP contribution in [0, 0.1) is 22.7 Å². The average molecular weight is 598 g/mol. The molecule has 0 atom stereocenters. The summed E-state index contributed by atoms with van der Waals surface area (Å²) < 4.78 is 27.6. The molecule has 2 heterocycles. The Bertz CT molecular complexity index is 1780. The molecule has 10 nitrogen and oxygen atoms in total. The minimum absolute atomic E-state index is 0.0129. The Hall–Kier alpha value is -4.91. The number of nitrogens with zero attached hydrogens (tertiary/aromatic N) is 4. The Labute approximate surface area is 248 Å². The second-order valence-corrected chi connectivity index (χ2v) is 12.2. The summed E-state index contributed by atoms with van der Waals surface area (Å²) in [5.74, 6) is 0.505. The van der Waals surface area contributed by atoms with Crippen LogP contribution in [0.15, 0.2) is 82.8 Å². The van der Waals surface area contributed by atoms with Gasteiger partial charge in [0.2, 0.25) is 5.91 Å². The molecule has 4 aromatic rings. The number of pyridine rings is 2. The third kappa shape index (κ3) is 7.04. The van der Waals surface area contributed by atoms with E-state index in [-0.39, 0.29) is 45.7 Å². The van der Waals surface area contributed by atoms with Crippen molar-refractivity contribution in [2.45, 2.75) is 36.1 Å². The van der Waals surface area contributed by atoms with E-state index < -0.39 is 10.0 Å². The molecular formula is C30H27N7O3S2. The number of hydrogen-bond acceptors (Lipinski definition) is 9. The highest BCUT2D eigenvalue weighted by Gasteiger charge is 2.21. The summed E-state index contributed by atoms with van der Waals surface area (Å²) in [6, 6.07) is 22.5. The molecule has 12 heteroatoms. The van der Waals surface area contributed by atoms with E-state index in [0.717, 1.165) is 5.56 Å². The van der Waals surface area contributed by atoms with E-state index in [4.69, 9.17) is 5.73 Å². The molecule has 0 fully saturated rings. The summed E-state index contributed by atoms with van der Waals surface area (Å²) in [4.78, 5) is 20.9. The van der Waals surface area contributed by atoms with Crippen LogP contribution in [0.3, 0.4) is 0 Å². The monoisotopic (exact) mass is 597 g/mol. The number of carbonyl (C=O) groups excluding carboxylic acids is 1. The average Bonchev–Trinajstić information content (AvgIpc) is 2.97. The van der Waals surface area contributed by atoms with Crippen molar-refractivity contribution in [2.24, 2.45) is 0 Å². The van der Waals surface area contributed by atoms with E-state index in [1.54, 1.807) is 12.1 Å². The van der Waals surface area contributed by atoms with Gasteiger partial charge >= 0.3 is 0 Å². The molecule has 0 saturated carbocycles. The van der Waals surface area contributed by atoms with Crippen LogP contribution in [0.5, 0.6) is 0 Å². The maximum atomic E-state index is 12.6. The molecule has 4 N–H and O–H groups in total. The molecule has 0 aliphatic heterocycles. The summed E-state index contributed by atoms with van der Waals surface area (Å²) in [6.45, 7) is 4.15. The molecular weight excluding hydrogens is 571 g/mol. The minimum atomic E-state index is -3.84. The minimum Gasteiger partial charge on any atom is -0.383 e. The van der Waals surface area contributed by atoms with Gasteiger partial charge in [-0.1, -0.05) is 44.2 Å². The van der Waals surface area contributed by atoms with Gasteiger partial charge < -0.3 is 11.1 Å². The van der Waals surface area contributed by atoms with Gasteiger partial charge in [-0.25, -0.2) is 18.4 Å². The molecule has 212 valence electrons. The van der Waals surface area contributed by atoms with Gasteiger partial charge in [-0.3, -0.25) is 9.52 Å². The van der Waals surface area contributed by atoms with E-state index in [1.807, 2.05) is 24.3 Å². The SMILES string of the molecule is CC(C)c1ccc(-c2c(C#N)c(N)nc(SCCC(=O)Nc3ccc(S(=O)(=O)Nc4ccccn4)cc3)c2C#N)cc1. The summed E-state index contributed by atoms with van der Waals surface area (Å²) in [7, 11) is -3.84. The van der Waals surface area contributed by atoms with Crippen LogP contribution in [-0.2, 0) is 14.8 Å². The largest absolute Gasteiger partial charge is 0.383 e. The van der Waals surface area contributed by atoms with Crippen molar-refractivity contribution < 1.29 is 13.2 Å². The van der Waals surface area contributed by atoms with Crippen molar-refractivity contribution in [1.29, 1.82) is 10.5 Å². The molecule has 2 aromatic carbocycles. The Morgan fingerprint density at radius 2 is 1.69 bits per heavy atom. The Morgan fingerprint density at radius 3 is 2.29 bits per heavy atom. The summed E-state index contributed by atoms with van der Waals surface area (Å²) in [5.41, 5.74) is 9.10. The quantitative estimate of drug-likeness (QED) is 0.199. The number of amides is 1. The normalized spacial score (nSPS) is 11.0. The van der Waals surface area contributed by atoms with Crippen LogP contribution in [0.2, 0.25) is 0 Å². The van der Waals surface area contributed by atoms with Crippen LogP contribution in [0.4, 0.5) is 17.3 Å². The summed E-state index contributed by atoms with van der Waals surface area (Å²) in [5, 5.41) is 22.8. The first-order valence-corrected chi connectivity index (χ1v) is 15.3. The van der Waals surface area contributed by atoms with Gasteiger partial charge in [0.15, 0.2) is 0 Å². The molecule has 0 aliphatic carbocycles. The van der Waals surface area contributed by atoms with Gasteiger partial charge in [0.05, 0.1) is 10.5 Å². The summed E-state index contributed by atoms with van der Waals surface area (Å²) >= 11 is 1.19. The molecule has 0 spiro atoms. The van der Waals surface area contributed by atoms with Crippen molar-refractivity contribution in [1.82, 2.24) is 9.97 Å². The van der Waals surface area contributed by atoms with Crippen molar-refractivity contribution in [3.63, 3.8) is 0 Å². The lowest BCUT2D eigenvalue weighted by atomic mass is 9.94. The molecule has 0 radical (unpaired) electrons. The lowest BCUT2D eigenvalue weighted by molar-refractivity contribution is -0.115. The van der Waals surface area contributed by atoms with Gasteiger partial charge in [0, 0.05) is 29.6 Å². The third-order valence-corrected chi connectivity index (χ3v) is 8.55. The Kier molecular flexibility index (Phi) is 9.42. The highest BCUT2D eigenvalue weighted by molar-refractivity contribution is 7.99. The lowest BCUT2D eigenvalue weighted by Crippen LogP contribution is -2.15. The zero-order chi connectivity index (χ0) is 30.3. The van der Waals surface area contributed by atoms with Crippen LogP contribution in [0.1, 0.15) is 42.9 Å². The Morgan fingerprint density at radius 1 is 1.00 bits per heavy atom. The zero-order valence-electron chi connectivity index (χ0n) is 22.8. The maximum Gasteiger partial charge on any atom is 0.263 e. The first-order valence-electron chi connectivity index (χ1n) is 12.8. The number of hydrogen-bond donors (Lipinski definition) is 3. The highest BCUT2D eigenvalue weighted by Crippen LogP contribution is 2.36. The van der Waals surface area contributed by atoms with Crippen LogP contribution in [0.25, 0.3) is 11.1 Å². The second-order valence-electron chi connectivity index (χ2n) is 9.42. The molecule has 0 bridgehead atoms. The topological polar surface area (TPSA) is 175 Å². The number of nitriles is 2. The second kappa shape index (κ2) is 13.2. The van der Waals surface area contributed by atoms with E-state index in [9.17, 15) is 23.7 Å². The molecule has 0 saturated heterocycles. The first kappa shape index (κ1) is 30.1. The van der Waals surface area contributed by atoms with E-state index in [1.165, 1.54) is 48.3 Å². The van der Waals surface area contributed by atoms with Crippen LogP contribution >= 0.6 is 11.8 Å².